The minimum Gasteiger partial charge on any atom is -0.544 e. The highest BCUT2D eigenvalue weighted by Gasteiger charge is 2.42. The van der Waals surface area contributed by atoms with E-state index >= 15 is 0 Å². The fraction of sp³-hybridized carbons (Fsp3) is 0.333. The van der Waals surface area contributed by atoms with Gasteiger partial charge in [0.15, 0.2) is 0 Å². The molecule has 1 atom stereocenters. The summed E-state index contributed by atoms with van der Waals surface area (Å²) >= 11 is 0. The lowest BCUT2D eigenvalue weighted by atomic mass is 9.72. The van der Waals surface area contributed by atoms with E-state index in [1.165, 1.54) is 34.5 Å². The molecular weight excluding hydrogens is 496 g/mol. The second kappa shape index (κ2) is 11.0. The molecule has 0 radical (unpaired) electrons. The monoisotopic (exact) mass is 526 g/mol. The Balaban J connectivity index is 2.58. The van der Waals surface area contributed by atoms with Gasteiger partial charge in [-0.25, -0.2) is 19.2 Å². The first-order valence-electron chi connectivity index (χ1n) is 11.5. The van der Waals surface area contributed by atoms with Crippen molar-refractivity contribution in [1.82, 2.24) is 0 Å². The number of benzene rings is 2. The molecule has 2 aromatic rings. The highest BCUT2D eigenvalue weighted by Crippen LogP contribution is 2.48. The maximum absolute atomic E-state index is 13.2. The molecule has 196 valence electrons. The summed E-state index contributed by atoms with van der Waals surface area (Å²) in [6.07, 6.45) is -0.201. The molecule has 0 bridgehead atoms. The lowest BCUT2D eigenvalue weighted by Gasteiger charge is -2.34. The van der Waals surface area contributed by atoms with Crippen LogP contribution in [0.1, 0.15) is 43.3 Å². The number of rotatable bonds is 7. The molecule has 0 saturated carbocycles. The van der Waals surface area contributed by atoms with E-state index in [4.69, 9.17) is 23.4 Å². The first-order chi connectivity index (χ1) is 17.5. The van der Waals surface area contributed by atoms with Crippen molar-refractivity contribution in [2.45, 2.75) is 32.0 Å². The third kappa shape index (κ3) is 5.43. The number of esters is 4. The molecule has 37 heavy (non-hydrogen) atoms. The number of methoxy groups -OCH3 is 4. The Kier molecular flexibility index (Phi) is 8.22. The number of carbonyl (C=O) groups excluding carboxylic acids is 4. The molecule has 9 nitrogen and oxygen atoms in total. The molecule has 0 amide bonds. The van der Waals surface area contributed by atoms with E-state index < -0.39 is 38.1 Å². The number of fused-ring (bicyclic) bond motifs is 1. The maximum atomic E-state index is 13.2. The minimum atomic E-state index is -2.30. The Morgan fingerprint density at radius 2 is 1.35 bits per heavy atom. The summed E-state index contributed by atoms with van der Waals surface area (Å²) < 4.78 is 26.5. The zero-order valence-electron chi connectivity index (χ0n) is 21.9. The quantitative estimate of drug-likeness (QED) is 0.302. The maximum Gasteiger partial charge on any atom is 0.339 e. The molecule has 2 aromatic carbocycles. The standard InChI is InChI=1S/C27H30O9Si/c1-32-24(28)17-13-16-21(26(30)34-3)18(25(29)33-2)14-19(36-37(5,6)7)22(16)20(23(17)27(31)35-4)15-11-9-8-10-12-15/h8-12,14,20H,13H2,1-7H3. The van der Waals surface area contributed by atoms with Gasteiger partial charge in [-0.3, -0.25) is 0 Å². The van der Waals surface area contributed by atoms with E-state index in [1.54, 1.807) is 24.3 Å². The molecule has 1 unspecified atom stereocenters. The fourth-order valence-electron chi connectivity index (χ4n) is 4.47. The van der Waals surface area contributed by atoms with Crippen molar-refractivity contribution >= 4 is 32.2 Å². The van der Waals surface area contributed by atoms with Crippen molar-refractivity contribution in [3.05, 3.63) is 75.4 Å². The number of ether oxygens (including phenoxy) is 4. The van der Waals surface area contributed by atoms with Gasteiger partial charge >= 0.3 is 23.9 Å². The SMILES string of the molecule is COC(=O)C1=C(C(=O)OC)C(c2ccccc2)c2c(O[Si](C)(C)C)cc(C(=O)OC)c(C(=O)OC)c2C1. The van der Waals surface area contributed by atoms with Gasteiger partial charge in [-0.1, -0.05) is 30.3 Å². The number of carbonyl (C=O) groups is 4. The number of hydrogen-bond donors (Lipinski definition) is 0. The van der Waals surface area contributed by atoms with Crippen LogP contribution in [-0.4, -0.2) is 60.6 Å². The summed E-state index contributed by atoms with van der Waals surface area (Å²) in [7, 11) is 2.51. The molecule has 1 aliphatic carbocycles. The molecule has 0 aliphatic heterocycles. The molecule has 3 rings (SSSR count). The zero-order valence-corrected chi connectivity index (χ0v) is 22.9. The van der Waals surface area contributed by atoms with Crippen molar-refractivity contribution in [3.63, 3.8) is 0 Å². The van der Waals surface area contributed by atoms with Crippen LogP contribution in [0.2, 0.25) is 19.6 Å². The molecule has 0 aromatic heterocycles. The van der Waals surface area contributed by atoms with Gasteiger partial charge in [0.25, 0.3) is 0 Å². The summed E-state index contributed by atoms with van der Waals surface area (Å²) in [5, 5.41) is 0. The second-order valence-corrected chi connectivity index (χ2v) is 13.7. The van der Waals surface area contributed by atoms with Crippen molar-refractivity contribution in [2.75, 3.05) is 28.4 Å². The van der Waals surface area contributed by atoms with E-state index in [-0.39, 0.29) is 28.7 Å². The van der Waals surface area contributed by atoms with Gasteiger partial charge in [0.2, 0.25) is 8.32 Å². The van der Waals surface area contributed by atoms with Crippen LogP contribution in [0.3, 0.4) is 0 Å². The Morgan fingerprint density at radius 3 is 1.86 bits per heavy atom. The highest BCUT2D eigenvalue weighted by molar-refractivity contribution is 6.70. The summed E-state index contributed by atoms with van der Waals surface area (Å²) in [5.41, 5.74) is 1.35. The van der Waals surface area contributed by atoms with Crippen LogP contribution in [0.4, 0.5) is 0 Å². The first kappa shape index (κ1) is 27.7. The van der Waals surface area contributed by atoms with Crippen LogP contribution >= 0.6 is 0 Å². The van der Waals surface area contributed by atoms with Gasteiger partial charge in [0, 0.05) is 17.9 Å². The van der Waals surface area contributed by atoms with Gasteiger partial charge < -0.3 is 23.4 Å². The lowest BCUT2D eigenvalue weighted by Crippen LogP contribution is -2.33. The Bertz CT molecular complexity index is 1270. The largest absolute Gasteiger partial charge is 0.544 e. The number of hydrogen-bond acceptors (Lipinski definition) is 9. The predicted molar refractivity (Wildman–Crippen MR) is 136 cm³/mol. The van der Waals surface area contributed by atoms with E-state index in [0.29, 0.717) is 22.4 Å². The molecule has 0 fully saturated rings. The van der Waals surface area contributed by atoms with Crippen molar-refractivity contribution in [3.8, 4) is 5.75 Å². The summed E-state index contributed by atoms with van der Waals surface area (Å²) in [4.78, 5) is 52.1. The Labute approximate surface area is 216 Å². The average Bonchev–Trinajstić information content (AvgIpc) is 2.89. The summed E-state index contributed by atoms with van der Waals surface area (Å²) in [6.45, 7) is 5.88. The molecule has 0 spiro atoms. The molecule has 1 aliphatic rings. The lowest BCUT2D eigenvalue weighted by molar-refractivity contribution is -0.139. The molecular formula is C27H30O9Si. The van der Waals surface area contributed by atoms with Crippen LogP contribution in [0.5, 0.6) is 5.75 Å². The Morgan fingerprint density at radius 1 is 0.784 bits per heavy atom. The van der Waals surface area contributed by atoms with Crippen LogP contribution in [-0.2, 0) is 35.0 Å². The average molecular weight is 527 g/mol. The molecule has 0 heterocycles. The topological polar surface area (TPSA) is 114 Å². The van der Waals surface area contributed by atoms with Gasteiger partial charge in [-0.15, -0.1) is 0 Å². The Hall–Kier alpha value is -3.92. The van der Waals surface area contributed by atoms with Crippen molar-refractivity contribution < 1.29 is 42.6 Å². The van der Waals surface area contributed by atoms with E-state index in [2.05, 4.69) is 0 Å². The van der Waals surface area contributed by atoms with E-state index in [9.17, 15) is 19.2 Å². The summed E-state index contributed by atoms with van der Waals surface area (Å²) in [5.74, 6) is -3.63. The van der Waals surface area contributed by atoms with Crippen molar-refractivity contribution in [1.29, 1.82) is 0 Å². The normalized spacial score (nSPS) is 14.8. The zero-order chi connectivity index (χ0) is 27.5. The van der Waals surface area contributed by atoms with E-state index in [0.717, 1.165) is 0 Å². The van der Waals surface area contributed by atoms with E-state index in [1.807, 2.05) is 25.7 Å². The van der Waals surface area contributed by atoms with Crippen molar-refractivity contribution in [2.24, 2.45) is 0 Å². The van der Waals surface area contributed by atoms with Crippen LogP contribution in [0, 0.1) is 0 Å². The predicted octanol–water partition coefficient (Wildman–Crippen LogP) is 3.80. The van der Waals surface area contributed by atoms with Crippen LogP contribution in [0.15, 0.2) is 47.5 Å². The van der Waals surface area contributed by atoms with Crippen LogP contribution in [0.25, 0.3) is 0 Å². The second-order valence-electron chi connectivity index (χ2n) is 9.28. The third-order valence-corrected chi connectivity index (χ3v) is 6.71. The molecule has 0 N–H and O–H groups in total. The van der Waals surface area contributed by atoms with Gasteiger partial charge in [0.05, 0.1) is 50.7 Å². The van der Waals surface area contributed by atoms with Gasteiger partial charge in [0.1, 0.15) is 5.75 Å². The summed E-state index contributed by atoms with van der Waals surface area (Å²) in [6, 6.07) is 10.4. The smallest absolute Gasteiger partial charge is 0.339 e. The first-order valence-corrected chi connectivity index (χ1v) is 14.9. The van der Waals surface area contributed by atoms with Gasteiger partial charge in [-0.05, 0) is 36.8 Å². The highest BCUT2D eigenvalue weighted by atomic mass is 28.4. The minimum absolute atomic E-state index is 0.00169. The molecule has 10 heteroatoms. The molecule has 0 saturated heterocycles. The third-order valence-electron chi connectivity index (χ3n) is 5.87. The fourth-order valence-corrected chi connectivity index (χ4v) is 5.30. The van der Waals surface area contributed by atoms with Gasteiger partial charge in [-0.2, -0.15) is 0 Å². The van der Waals surface area contributed by atoms with Crippen LogP contribution < -0.4 is 4.43 Å².